The lowest BCUT2D eigenvalue weighted by atomic mass is 10.2. The maximum atomic E-state index is 13.6. The molecule has 0 aliphatic heterocycles. The van der Waals surface area contributed by atoms with E-state index in [-0.39, 0.29) is 11.5 Å². The van der Waals surface area contributed by atoms with Gasteiger partial charge >= 0.3 is 0 Å². The van der Waals surface area contributed by atoms with Crippen LogP contribution in [0, 0.1) is 11.6 Å². The van der Waals surface area contributed by atoms with Crippen LogP contribution in [0.2, 0.25) is 0 Å². The first kappa shape index (κ1) is 13.2. The van der Waals surface area contributed by atoms with Crippen molar-refractivity contribution in [1.29, 1.82) is 0 Å². The quantitative estimate of drug-likeness (QED) is 0.826. The Hall–Kier alpha value is -1.82. The predicted molar refractivity (Wildman–Crippen MR) is 69.0 cm³/mol. The minimum Gasteiger partial charge on any atom is -0.420 e. The Balaban J connectivity index is 1.63. The van der Waals surface area contributed by atoms with E-state index in [1.54, 1.807) is 0 Å². The summed E-state index contributed by atoms with van der Waals surface area (Å²) in [6, 6.07) is 4.30. The van der Waals surface area contributed by atoms with Gasteiger partial charge in [0.25, 0.3) is 5.89 Å². The van der Waals surface area contributed by atoms with Crippen LogP contribution in [0.25, 0.3) is 11.5 Å². The number of nitrogens with zero attached hydrogens (tertiary/aromatic N) is 2. The second-order valence-electron chi connectivity index (χ2n) is 4.93. The molecule has 1 saturated carbocycles. The minimum atomic E-state index is -0.699. The number of hydrogen-bond donors (Lipinski definition) is 1. The molecule has 0 amide bonds. The van der Waals surface area contributed by atoms with Crippen molar-refractivity contribution < 1.29 is 13.2 Å². The van der Waals surface area contributed by atoms with Crippen molar-refractivity contribution in [3.63, 3.8) is 0 Å². The highest BCUT2D eigenvalue weighted by molar-refractivity contribution is 5.54. The van der Waals surface area contributed by atoms with Crippen LogP contribution in [-0.4, -0.2) is 22.8 Å². The third-order valence-corrected chi connectivity index (χ3v) is 3.22. The molecule has 1 fully saturated rings. The Bertz CT molecular complexity index is 576. The molecule has 1 heterocycles. The van der Waals surface area contributed by atoms with E-state index in [1.807, 2.05) is 0 Å². The molecular formula is C14H15F2N3O. The Kier molecular flexibility index (Phi) is 3.73. The molecule has 1 N–H and O–H groups in total. The Morgan fingerprint density at radius 3 is 2.65 bits per heavy atom. The molecule has 1 aliphatic carbocycles. The van der Waals surface area contributed by atoms with E-state index in [1.165, 1.54) is 31.0 Å². The maximum Gasteiger partial charge on any atom is 0.253 e. The van der Waals surface area contributed by atoms with Gasteiger partial charge in [-0.25, -0.2) is 8.78 Å². The van der Waals surface area contributed by atoms with Gasteiger partial charge < -0.3 is 9.73 Å². The fourth-order valence-electron chi connectivity index (χ4n) is 1.99. The molecule has 0 unspecified atom stereocenters. The standard InChI is InChI=1S/C14H15F2N3O/c15-10-3-1-4-11(16)13(10)14-19-18-12(20-14)5-2-8-17-9-6-7-9/h1,3-4,9,17H,2,5-8H2. The van der Waals surface area contributed by atoms with Crippen molar-refractivity contribution in [1.82, 2.24) is 15.5 Å². The number of nitrogens with one attached hydrogen (secondary N) is 1. The predicted octanol–water partition coefficient (Wildman–Crippen LogP) is 2.70. The topological polar surface area (TPSA) is 51.0 Å². The number of aryl methyl sites for hydroxylation is 1. The van der Waals surface area contributed by atoms with E-state index in [0.717, 1.165) is 13.0 Å². The number of hydrogen-bond acceptors (Lipinski definition) is 4. The number of aromatic nitrogens is 2. The molecule has 0 bridgehead atoms. The summed E-state index contributed by atoms with van der Waals surface area (Å²) >= 11 is 0. The van der Waals surface area contributed by atoms with Crippen LogP contribution in [0.3, 0.4) is 0 Å². The van der Waals surface area contributed by atoms with Crippen LogP contribution in [0.4, 0.5) is 8.78 Å². The third kappa shape index (κ3) is 3.01. The Morgan fingerprint density at radius 1 is 1.20 bits per heavy atom. The zero-order valence-corrected chi connectivity index (χ0v) is 10.9. The molecule has 1 aromatic carbocycles. The Morgan fingerprint density at radius 2 is 1.95 bits per heavy atom. The van der Waals surface area contributed by atoms with Gasteiger partial charge in [0.05, 0.1) is 0 Å². The normalized spacial score (nSPS) is 14.7. The first-order valence-corrected chi connectivity index (χ1v) is 6.74. The summed E-state index contributed by atoms with van der Waals surface area (Å²) in [6.07, 6.45) is 3.95. The molecular weight excluding hydrogens is 264 g/mol. The average molecular weight is 279 g/mol. The summed E-state index contributed by atoms with van der Waals surface area (Å²) in [7, 11) is 0. The SMILES string of the molecule is Fc1cccc(F)c1-c1nnc(CCCNC2CC2)o1. The van der Waals surface area contributed by atoms with Gasteiger partial charge in [0, 0.05) is 12.5 Å². The molecule has 6 heteroatoms. The molecule has 106 valence electrons. The highest BCUT2D eigenvalue weighted by Crippen LogP contribution is 2.24. The van der Waals surface area contributed by atoms with Gasteiger partial charge in [-0.3, -0.25) is 0 Å². The molecule has 3 rings (SSSR count). The van der Waals surface area contributed by atoms with Gasteiger partial charge in [-0.15, -0.1) is 10.2 Å². The fourth-order valence-corrected chi connectivity index (χ4v) is 1.99. The van der Waals surface area contributed by atoms with E-state index in [4.69, 9.17) is 4.42 Å². The lowest BCUT2D eigenvalue weighted by molar-refractivity contribution is 0.483. The van der Waals surface area contributed by atoms with Crippen LogP contribution < -0.4 is 5.32 Å². The molecule has 0 spiro atoms. The van der Waals surface area contributed by atoms with E-state index >= 15 is 0 Å². The molecule has 4 nitrogen and oxygen atoms in total. The van der Waals surface area contributed by atoms with Crippen LogP contribution in [0.1, 0.15) is 25.2 Å². The molecule has 1 aromatic heterocycles. The molecule has 0 saturated heterocycles. The van der Waals surface area contributed by atoms with E-state index in [0.29, 0.717) is 18.4 Å². The van der Waals surface area contributed by atoms with Crippen molar-refractivity contribution in [3.8, 4) is 11.5 Å². The minimum absolute atomic E-state index is 0.106. The van der Waals surface area contributed by atoms with Gasteiger partial charge in [-0.2, -0.15) is 0 Å². The molecule has 1 aliphatic rings. The number of halogens is 2. The zero-order valence-electron chi connectivity index (χ0n) is 10.9. The highest BCUT2D eigenvalue weighted by Gasteiger charge is 2.20. The summed E-state index contributed by atoms with van der Waals surface area (Å²) in [4.78, 5) is 0. The number of rotatable bonds is 6. The zero-order chi connectivity index (χ0) is 13.9. The van der Waals surface area contributed by atoms with Crippen molar-refractivity contribution in [2.24, 2.45) is 0 Å². The monoisotopic (exact) mass is 279 g/mol. The van der Waals surface area contributed by atoms with Crippen LogP contribution in [0.5, 0.6) is 0 Å². The van der Waals surface area contributed by atoms with Gasteiger partial charge in [-0.1, -0.05) is 6.07 Å². The van der Waals surface area contributed by atoms with Crippen LogP contribution in [-0.2, 0) is 6.42 Å². The summed E-state index contributed by atoms with van der Waals surface area (Å²) in [5, 5.41) is 10.9. The van der Waals surface area contributed by atoms with Gasteiger partial charge in [-0.05, 0) is 37.9 Å². The van der Waals surface area contributed by atoms with Gasteiger partial charge in [0.15, 0.2) is 0 Å². The van der Waals surface area contributed by atoms with Crippen LogP contribution in [0.15, 0.2) is 22.6 Å². The third-order valence-electron chi connectivity index (χ3n) is 3.22. The largest absolute Gasteiger partial charge is 0.420 e. The van der Waals surface area contributed by atoms with Crippen molar-refractivity contribution in [2.75, 3.05) is 6.54 Å². The van der Waals surface area contributed by atoms with Crippen LogP contribution >= 0.6 is 0 Å². The first-order valence-electron chi connectivity index (χ1n) is 6.74. The van der Waals surface area contributed by atoms with Gasteiger partial charge in [0.2, 0.25) is 5.89 Å². The number of benzene rings is 1. The maximum absolute atomic E-state index is 13.6. The van der Waals surface area contributed by atoms with Crippen molar-refractivity contribution >= 4 is 0 Å². The first-order chi connectivity index (χ1) is 9.74. The molecule has 0 radical (unpaired) electrons. The highest BCUT2D eigenvalue weighted by atomic mass is 19.1. The summed E-state index contributed by atoms with van der Waals surface area (Å²) in [6.45, 7) is 0.885. The van der Waals surface area contributed by atoms with Crippen molar-refractivity contribution in [3.05, 3.63) is 35.7 Å². The Labute approximate surface area is 115 Å². The average Bonchev–Trinajstić information content (AvgIpc) is 3.13. The summed E-state index contributed by atoms with van der Waals surface area (Å²) in [5.41, 5.74) is -0.262. The fraction of sp³-hybridized carbons (Fsp3) is 0.429. The lowest BCUT2D eigenvalue weighted by Crippen LogP contribution is -2.17. The smallest absolute Gasteiger partial charge is 0.253 e. The second-order valence-corrected chi connectivity index (χ2v) is 4.93. The molecule has 2 aromatic rings. The van der Waals surface area contributed by atoms with E-state index in [9.17, 15) is 8.78 Å². The summed E-state index contributed by atoms with van der Waals surface area (Å²) in [5.74, 6) is -1.10. The van der Waals surface area contributed by atoms with Crippen molar-refractivity contribution in [2.45, 2.75) is 31.7 Å². The lowest BCUT2D eigenvalue weighted by Gasteiger charge is -2.00. The second kappa shape index (κ2) is 5.66. The summed E-state index contributed by atoms with van der Waals surface area (Å²) < 4.78 is 32.5. The van der Waals surface area contributed by atoms with E-state index in [2.05, 4.69) is 15.5 Å². The molecule has 20 heavy (non-hydrogen) atoms. The molecule has 0 atom stereocenters. The van der Waals surface area contributed by atoms with E-state index < -0.39 is 11.6 Å². The van der Waals surface area contributed by atoms with Gasteiger partial charge in [0.1, 0.15) is 17.2 Å².